The summed E-state index contributed by atoms with van der Waals surface area (Å²) >= 11 is 13.8. The lowest BCUT2D eigenvalue weighted by molar-refractivity contribution is -0.134. The number of carboxylic acid groups (broad SMARTS) is 2. The van der Waals surface area contributed by atoms with Gasteiger partial charge in [0, 0.05) is 34.5 Å². The van der Waals surface area contributed by atoms with Gasteiger partial charge in [-0.25, -0.2) is 9.59 Å². The van der Waals surface area contributed by atoms with Crippen molar-refractivity contribution < 1.29 is 24.5 Å². The van der Waals surface area contributed by atoms with Gasteiger partial charge < -0.3 is 20.3 Å². The maximum atomic E-state index is 9.55. The normalized spacial score (nSPS) is 11.5. The van der Waals surface area contributed by atoms with Crippen LogP contribution in [0.5, 0.6) is 5.75 Å². The van der Waals surface area contributed by atoms with Crippen LogP contribution in [0.2, 0.25) is 10.0 Å². The Morgan fingerprint density at radius 3 is 2.41 bits per heavy atom. The summed E-state index contributed by atoms with van der Waals surface area (Å²) in [6.45, 7) is 0.876. The number of halogens is 2. The number of ether oxygens (including phenoxy) is 1. The van der Waals surface area contributed by atoms with Gasteiger partial charge >= 0.3 is 11.9 Å². The van der Waals surface area contributed by atoms with Gasteiger partial charge in [0.05, 0.1) is 5.02 Å². The van der Waals surface area contributed by atoms with Gasteiger partial charge in [0.1, 0.15) is 11.9 Å². The van der Waals surface area contributed by atoms with Gasteiger partial charge in [0.15, 0.2) is 0 Å². The Morgan fingerprint density at radius 1 is 1.22 bits per heavy atom. The molecule has 146 valence electrons. The van der Waals surface area contributed by atoms with Crippen molar-refractivity contribution in [1.29, 1.82) is 0 Å². The Labute approximate surface area is 171 Å². The van der Waals surface area contributed by atoms with E-state index in [0.717, 1.165) is 13.0 Å². The molecule has 0 fully saturated rings. The van der Waals surface area contributed by atoms with Gasteiger partial charge in [0.2, 0.25) is 0 Å². The summed E-state index contributed by atoms with van der Waals surface area (Å²) in [7, 11) is 1.93. The number of rotatable bonds is 8. The molecule has 0 spiro atoms. The molecule has 3 N–H and O–H groups in total. The zero-order valence-corrected chi connectivity index (χ0v) is 16.7. The molecule has 2 aromatic rings. The Bertz CT molecular complexity index is 749. The van der Waals surface area contributed by atoms with E-state index >= 15 is 0 Å². The summed E-state index contributed by atoms with van der Waals surface area (Å²) in [6.07, 6.45) is 1.98. The van der Waals surface area contributed by atoms with E-state index < -0.39 is 11.9 Å². The fraction of sp³-hybridized carbons (Fsp3) is 0.222. The van der Waals surface area contributed by atoms with E-state index in [-0.39, 0.29) is 6.10 Å². The molecule has 27 heavy (non-hydrogen) atoms. The van der Waals surface area contributed by atoms with E-state index in [2.05, 4.69) is 11.4 Å². The summed E-state index contributed by atoms with van der Waals surface area (Å²) in [5.74, 6) is -1.89. The van der Waals surface area contributed by atoms with Crippen LogP contribution in [-0.4, -0.2) is 35.7 Å². The molecule has 0 saturated carbocycles. The fourth-order valence-electron chi connectivity index (χ4n) is 1.87. The molecule has 2 rings (SSSR count). The van der Waals surface area contributed by atoms with Crippen LogP contribution in [0, 0.1) is 0 Å². The first-order chi connectivity index (χ1) is 12.8. The zero-order chi connectivity index (χ0) is 20.2. The molecule has 1 heterocycles. The first-order valence-electron chi connectivity index (χ1n) is 7.77. The maximum Gasteiger partial charge on any atom is 0.328 e. The van der Waals surface area contributed by atoms with Crippen molar-refractivity contribution >= 4 is 46.5 Å². The third kappa shape index (κ3) is 9.44. The second-order valence-electron chi connectivity index (χ2n) is 5.10. The lowest BCUT2D eigenvalue weighted by Gasteiger charge is -2.19. The van der Waals surface area contributed by atoms with Crippen LogP contribution in [0.3, 0.4) is 0 Å². The molecule has 0 bridgehead atoms. The zero-order valence-electron chi connectivity index (χ0n) is 14.4. The standard InChI is InChI=1S/C14H15Cl2NOS.C4H4O4/c1-17-7-6-12(14-3-2-8-19-14)18-13-9-10(15)4-5-11(13)16;5-3(6)1-2-4(7)8/h2-5,8-9,12,17H,6-7H2,1H3;1-2H,(H,5,6)(H,7,8)/b;2-1+/t12-;/m1./s1. The first kappa shape index (κ1) is 23.0. The van der Waals surface area contributed by atoms with E-state index in [9.17, 15) is 9.59 Å². The molecule has 0 aliphatic carbocycles. The molecule has 6 nitrogen and oxygen atoms in total. The van der Waals surface area contributed by atoms with E-state index in [1.54, 1.807) is 29.5 Å². The van der Waals surface area contributed by atoms with Crippen LogP contribution in [0.25, 0.3) is 0 Å². The highest BCUT2D eigenvalue weighted by atomic mass is 35.5. The van der Waals surface area contributed by atoms with Crippen LogP contribution in [-0.2, 0) is 9.59 Å². The largest absolute Gasteiger partial charge is 0.483 e. The van der Waals surface area contributed by atoms with E-state index in [0.29, 0.717) is 27.9 Å². The molecular formula is C18H19Cl2NO5S. The second-order valence-corrected chi connectivity index (χ2v) is 6.92. The second kappa shape index (κ2) is 12.3. The molecule has 0 amide bonds. The minimum atomic E-state index is -1.26. The quantitative estimate of drug-likeness (QED) is 0.532. The molecule has 0 unspecified atom stereocenters. The number of benzene rings is 1. The van der Waals surface area contributed by atoms with Crippen molar-refractivity contribution in [3.63, 3.8) is 0 Å². The van der Waals surface area contributed by atoms with Crippen LogP contribution < -0.4 is 10.1 Å². The molecule has 9 heteroatoms. The van der Waals surface area contributed by atoms with Gasteiger partial charge in [-0.1, -0.05) is 29.3 Å². The average Bonchev–Trinajstić information content (AvgIpc) is 3.15. The number of hydrogen-bond acceptors (Lipinski definition) is 5. The fourth-order valence-corrected chi connectivity index (χ4v) is 2.99. The first-order valence-corrected chi connectivity index (χ1v) is 9.40. The topological polar surface area (TPSA) is 95.9 Å². The van der Waals surface area contributed by atoms with Crippen LogP contribution in [0.15, 0.2) is 47.9 Å². The average molecular weight is 432 g/mol. The third-order valence-electron chi connectivity index (χ3n) is 3.05. The summed E-state index contributed by atoms with van der Waals surface area (Å²) < 4.78 is 6.03. The third-order valence-corrected chi connectivity index (χ3v) is 4.56. The van der Waals surface area contributed by atoms with E-state index in [1.807, 2.05) is 18.5 Å². The SMILES string of the molecule is CNCC[C@@H](Oc1cc(Cl)ccc1Cl)c1cccs1.O=C(O)/C=C/C(=O)O. The maximum absolute atomic E-state index is 9.55. The van der Waals surface area contributed by atoms with E-state index in [1.165, 1.54) is 4.88 Å². The Kier molecular flexibility index (Phi) is 10.5. The number of aliphatic carboxylic acids is 2. The van der Waals surface area contributed by atoms with Crippen LogP contribution in [0.4, 0.5) is 0 Å². The number of hydrogen-bond donors (Lipinski definition) is 3. The van der Waals surface area contributed by atoms with E-state index in [4.69, 9.17) is 38.2 Å². The lowest BCUT2D eigenvalue weighted by Crippen LogP contribution is -2.15. The van der Waals surface area contributed by atoms with Gasteiger partial charge in [0.25, 0.3) is 0 Å². The predicted octanol–water partition coefficient (Wildman–Crippen LogP) is 4.50. The number of nitrogens with one attached hydrogen (secondary N) is 1. The lowest BCUT2D eigenvalue weighted by atomic mass is 10.2. The van der Waals surface area contributed by atoms with Crippen molar-refractivity contribution in [3.8, 4) is 5.75 Å². The monoisotopic (exact) mass is 431 g/mol. The Balaban J connectivity index is 0.000000387. The molecule has 0 aliphatic heterocycles. The van der Waals surface area contributed by atoms with Crippen LogP contribution in [0.1, 0.15) is 17.4 Å². The number of carbonyl (C=O) groups is 2. The van der Waals surface area contributed by atoms with Gasteiger partial charge in [-0.3, -0.25) is 0 Å². The van der Waals surface area contributed by atoms with Crippen LogP contribution >= 0.6 is 34.5 Å². The van der Waals surface area contributed by atoms with Crippen molar-refractivity contribution in [2.45, 2.75) is 12.5 Å². The van der Waals surface area contributed by atoms with Crippen molar-refractivity contribution in [1.82, 2.24) is 5.32 Å². The molecule has 0 saturated heterocycles. The molecule has 0 radical (unpaired) electrons. The summed E-state index contributed by atoms with van der Waals surface area (Å²) in [4.78, 5) is 20.3. The van der Waals surface area contributed by atoms with Crippen molar-refractivity contribution in [2.24, 2.45) is 0 Å². The van der Waals surface area contributed by atoms with Gasteiger partial charge in [-0.05, 0) is 37.2 Å². The molecule has 0 aliphatic rings. The summed E-state index contributed by atoms with van der Waals surface area (Å²) in [6, 6.07) is 9.36. The summed E-state index contributed by atoms with van der Waals surface area (Å²) in [5.41, 5.74) is 0. The number of thiophene rings is 1. The summed E-state index contributed by atoms with van der Waals surface area (Å²) in [5, 5.41) is 22.0. The molecule has 1 aromatic heterocycles. The molecular weight excluding hydrogens is 413 g/mol. The molecule has 1 aromatic carbocycles. The highest BCUT2D eigenvalue weighted by Gasteiger charge is 2.16. The Hall–Kier alpha value is -2.06. The minimum Gasteiger partial charge on any atom is -0.483 e. The van der Waals surface area contributed by atoms with Gasteiger partial charge in [-0.15, -0.1) is 11.3 Å². The van der Waals surface area contributed by atoms with Gasteiger partial charge in [-0.2, -0.15) is 0 Å². The Morgan fingerprint density at radius 2 is 1.89 bits per heavy atom. The molecule has 1 atom stereocenters. The highest BCUT2D eigenvalue weighted by Crippen LogP contribution is 2.34. The van der Waals surface area contributed by atoms with Crippen molar-refractivity contribution in [2.75, 3.05) is 13.6 Å². The predicted molar refractivity (Wildman–Crippen MR) is 107 cm³/mol. The smallest absolute Gasteiger partial charge is 0.328 e. The van der Waals surface area contributed by atoms with Crippen molar-refractivity contribution in [3.05, 3.63) is 62.8 Å². The number of carboxylic acids is 2. The highest BCUT2D eigenvalue weighted by molar-refractivity contribution is 7.10. The minimum absolute atomic E-state index is 0.0107.